The molecule has 0 spiro atoms. The van der Waals surface area contributed by atoms with Crippen molar-refractivity contribution in [1.82, 2.24) is 0 Å². The van der Waals surface area contributed by atoms with E-state index in [-0.39, 0.29) is 24.1 Å². The van der Waals surface area contributed by atoms with Gasteiger partial charge in [-0.25, -0.2) is 8.42 Å². The van der Waals surface area contributed by atoms with Gasteiger partial charge in [-0.2, -0.15) is 0 Å². The predicted octanol–water partition coefficient (Wildman–Crippen LogP) is 1.80. The van der Waals surface area contributed by atoms with Gasteiger partial charge >= 0.3 is 17.9 Å². The first kappa shape index (κ1) is 21.8. The summed E-state index contributed by atoms with van der Waals surface area (Å²) in [7, 11) is -4.62. The summed E-state index contributed by atoms with van der Waals surface area (Å²) in [6, 6.07) is 4.43. The lowest BCUT2D eigenvalue weighted by molar-refractivity contribution is -0.170. The molecule has 5 atom stereocenters. The van der Waals surface area contributed by atoms with Gasteiger partial charge < -0.3 is 18.8 Å². The Morgan fingerprint density at radius 1 is 1.26 bits per heavy atom. The van der Waals surface area contributed by atoms with Crippen LogP contribution in [0.15, 0.2) is 29.2 Å². The minimum atomic E-state index is -4.62. The van der Waals surface area contributed by atoms with Crippen molar-refractivity contribution in [2.24, 2.45) is 22.7 Å². The van der Waals surface area contributed by atoms with E-state index in [4.69, 9.17) is 14.2 Å². The SMILES string of the molecule is CCC(C)(C)C(=O)OC1C2CC3C1OC(=O)C3(C(=O)Oc1ccc(S(=O)(=O)[O-])cc1)C2. The highest BCUT2D eigenvalue weighted by Crippen LogP contribution is 2.63. The number of benzene rings is 1. The predicted molar refractivity (Wildman–Crippen MR) is 103 cm³/mol. The number of hydrogen-bond donors (Lipinski definition) is 0. The summed E-state index contributed by atoms with van der Waals surface area (Å²) in [6.07, 6.45) is -0.0207. The molecule has 2 bridgehead atoms. The van der Waals surface area contributed by atoms with E-state index >= 15 is 0 Å². The molecule has 1 heterocycles. The Kier molecular flexibility index (Phi) is 4.93. The first-order valence-electron chi connectivity index (χ1n) is 10.1. The van der Waals surface area contributed by atoms with Crippen molar-refractivity contribution in [2.45, 2.75) is 57.1 Å². The van der Waals surface area contributed by atoms with Crippen LogP contribution in [0, 0.1) is 22.7 Å². The number of esters is 3. The molecule has 0 radical (unpaired) electrons. The van der Waals surface area contributed by atoms with Crippen molar-refractivity contribution in [2.75, 3.05) is 0 Å². The third-order valence-corrected chi connectivity index (χ3v) is 7.78. The normalized spacial score (nSPS) is 31.4. The maximum Gasteiger partial charge on any atom is 0.329 e. The highest BCUT2D eigenvalue weighted by molar-refractivity contribution is 7.85. The molecule has 1 aliphatic heterocycles. The summed E-state index contributed by atoms with van der Waals surface area (Å²) in [5, 5.41) is 0. The first-order valence-corrected chi connectivity index (χ1v) is 11.5. The van der Waals surface area contributed by atoms with Crippen LogP contribution < -0.4 is 4.74 Å². The maximum absolute atomic E-state index is 13.0. The van der Waals surface area contributed by atoms with Crippen molar-refractivity contribution < 1.29 is 41.6 Å². The van der Waals surface area contributed by atoms with Gasteiger partial charge in [0.2, 0.25) is 0 Å². The molecule has 1 saturated heterocycles. The van der Waals surface area contributed by atoms with E-state index in [1.807, 2.05) is 6.92 Å². The van der Waals surface area contributed by atoms with Gasteiger partial charge in [-0.15, -0.1) is 0 Å². The Hall–Kier alpha value is -2.46. The summed E-state index contributed by atoms with van der Waals surface area (Å²) in [6.45, 7) is 5.46. The molecule has 31 heavy (non-hydrogen) atoms. The zero-order chi connectivity index (χ0) is 22.8. The number of carbonyl (C=O) groups excluding carboxylic acids is 3. The van der Waals surface area contributed by atoms with Crippen molar-refractivity contribution >= 4 is 28.0 Å². The molecule has 168 valence electrons. The second-order valence-electron chi connectivity index (χ2n) is 9.07. The highest BCUT2D eigenvalue weighted by atomic mass is 32.2. The Balaban J connectivity index is 1.51. The summed E-state index contributed by atoms with van der Waals surface area (Å²) in [5.41, 5.74) is -2.13. The Bertz CT molecular complexity index is 1040. The molecule has 10 heteroatoms. The second kappa shape index (κ2) is 7.03. The largest absolute Gasteiger partial charge is 0.744 e. The van der Waals surface area contributed by atoms with Crippen LogP contribution in [0.4, 0.5) is 0 Å². The molecular weight excluding hydrogens is 428 g/mol. The quantitative estimate of drug-likeness (QED) is 0.274. The van der Waals surface area contributed by atoms with Crippen LogP contribution >= 0.6 is 0 Å². The molecule has 3 aliphatic rings. The Labute approximate surface area is 179 Å². The van der Waals surface area contributed by atoms with Gasteiger partial charge in [0.15, 0.2) is 5.41 Å². The molecule has 1 aromatic rings. The van der Waals surface area contributed by atoms with Crippen molar-refractivity contribution in [3.8, 4) is 5.75 Å². The van der Waals surface area contributed by atoms with E-state index in [9.17, 15) is 27.4 Å². The number of ether oxygens (including phenoxy) is 3. The smallest absolute Gasteiger partial charge is 0.329 e. The monoisotopic (exact) mass is 451 g/mol. The lowest BCUT2D eigenvalue weighted by atomic mass is 9.73. The van der Waals surface area contributed by atoms with Crippen LogP contribution in [0.3, 0.4) is 0 Å². The van der Waals surface area contributed by atoms with Gasteiger partial charge in [0.05, 0.1) is 10.3 Å². The molecule has 2 aliphatic carbocycles. The molecule has 1 aromatic carbocycles. The van der Waals surface area contributed by atoms with Gasteiger partial charge in [0, 0.05) is 11.8 Å². The van der Waals surface area contributed by atoms with E-state index in [1.165, 1.54) is 12.1 Å². The summed E-state index contributed by atoms with van der Waals surface area (Å²) < 4.78 is 49.7. The standard InChI is InChI=1S/C21H24O9S/c1-4-20(2,3)17(22)29-15-11-9-14-16(15)30-19(24)21(14,10-11)18(23)28-12-5-7-13(8-6-12)31(25,26)27/h5-8,11,14-16H,4,9-10H2,1-3H3,(H,25,26,27)/p-1. The van der Waals surface area contributed by atoms with Crippen LogP contribution in [-0.4, -0.2) is 43.1 Å². The van der Waals surface area contributed by atoms with Gasteiger partial charge in [-0.3, -0.25) is 14.4 Å². The topological polar surface area (TPSA) is 136 Å². The minimum Gasteiger partial charge on any atom is -0.744 e. The van der Waals surface area contributed by atoms with Crippen LogP contribution in [0.25, 0.3) is 0 Å². The van der Waals surface area contributed by atoms with E-state index in [0.717, 1.165) is 12.1 Å². The molecule has 5 unspecified atom stereocenters. The van der Waals surface area contributed by atoms with Gasteiger partial charge in [-0.1, -0.05) is 6.92 Å². The number of fused-ring (bicyclic) bond motifs is 1. The Morgan fingerprint density at radius 2 is 1.90 bits per heavy atom. The van der Waals surface area contributed by atoms with Gasteiger partial charge in [-0.05, 0) is 57.4 Å². The summed E-state index contributed by atoms with van der Waals surface area (Å²) in [5.74, 6) is -2.48. The third-order valence-electron chi connectivity index (χ3n) is 6.93. The number of carbonyl (C=O) groups is 3. The van der Waals surface area contributed by atoms with Crippen LogP contribution in [0.1, 0.15) is 40.0 Å². The van der Waals surface area contributed by atoms with E-state index < -0.39 is 55.9 Å². The summed E-state index contributed by atoms with van der Waals surface area (Å²) >= 11 is 0. The molecule has 0 N–H and O–H groups in total. The van der Waals surface area contributed by atoms with Crippen LogP contribution in [0.5, 0.6) is 5.75 Å². The van der Waals surface area contributed by atoms with Crippen molar-refractivity contribution in [1.29, 1.82) is 0 Å². The summed E-state index contributed by atoms with van der Waals surface area (Å²) in [4.78, 5) is 37.8. The zero-order valence-electron chi connectivity index (χ0n) is 17.3. The number of rotatable bonds is 6. The molecule has 3 fully saturated rings. The lowest BCUT2D eigenvalue weighted by Crippen LogP contribution is -2.47. The average Bonchev–Trinajstić information content (AvgIpc) is 3.30. The van der Waals surface area contributed by atoms with E-state index in [2.05, 4.69) is 0 Å². The van der Waals surface area contributed by atoms with Gasteiger partial charge in [0.1, 0.15) is 28.1 Å². The van der Waals surface area contributed by atoms with E-state index in [1.54, 1.807) is 13.8 Å². The van der Waals surface area contributed by atoms with Crippen LogP contribution in [-0.2, 0) is 34.0 Å². The molecule has 2 saturated carbocycles. The van der Waals surface area contributed by atoms with E-state index in [0.29, 0.717) is 12.8 Å². The molecule has 9 nitrogen and oxygen atoms in total. The molecule has 4 rings (SSSR count). The molecular formula is C21H23O9S-. The lowest BCUT2D eigenvalue weighted by Gasteiger charge is -2.32. The fourth-order valence-corrected chi connectivity index (χ4v) is 5.20. The minimum absolute atomic E-state index is 0.0125. The number of hydrogen-bond acceptors (Lipinski definition) is 9. The average molecular weight is 451 g/mol. The fraction of sp³-hybridized carbons (Fsp3) is 0.571. The molecule has 0 aromatic heterocycles. The fourth-order valence-electron chi connectivity index (χ4n) is 4.73. The second-order valence-corrected chi connectivity index (χ2v) is 10.4. The van der Waals surface area contributed by atoms with Crippen molar-refractivity contribution in [3.63, 3.8) is 0 Å². The Morgan fingerprint density at radius 3 is 2.48 bits per heavy atom. The van der Waals surface area contributed by atoms with Gasteiger partial charge in [0.25, 0.3) is 0 Å². The maximum atomic E-state index is 13.0. The molecule has 0 amide bonds. The van der Waals surface area contributed by atoms with Crippen molar-refractivity contribution in [3.05, 3.63) is 24.3 Å². The third kappa shape index (κ3) is 3.32. The first-order chi connectivity index (χ1) is 14.4. The zero-order valence-corrected chi connectivity index (χ0v) is 18.1. The highest BCUT2D eigenvalue weighted by Gasteiger charge is 2.75. The van der Waals surface area contributed by atoms with Crippen LogP contribution in [0.2, 0.25) is 0 Å².